The molecule has 0 unspecified atom stereocenters. The second kappa shape index (κ2) is 8.35. The van der Waals surface area contributed by atoms with Crippen molar-refractivity contribution >= 4 is 5.91 Å². The van der Waals surface area contributed by atoms with Crippen LogP contribution >= 0.6 is 0 Å². The minimum absolute atomic E-state index is 0.327. The van der Waals surface area contributed by atoms with Gasteiger partial charge in [-0.2, -0.15) is 0 Å². The summed E-state index contributed by atoms with van der Waals surface area (Å²) in [6.07, 6.45) is 4.12. The SMILES string of the molecule is COc1ccc(-c2nc(CN3CCC[C@H](CN4CCCC4=O)C3)c(C)o2)cc1. The number of oxazole rings is 1. The Morgan fingerprint density at radius 2 is 2.04 bits per heavy atom. The number of hydrogen-bond donors (Lipinski definition) is 0. The number of nitrogens with zero attached hydrogens (tertiary/aromatic N) is 3. The standard InChI is InChI=1S/C22H29N3O3/c1-16-20(23-22(28-16)18-7-9-19(27-2)10-8-18)15-24-11-3-5-17(13-24)14-25-12-4-6-21(25)26/h7-10,17H,3-6,11-15H2,1-2H3/t17-/m0/s1. The van der Waals surface area contributed by atoms with Crippen molar-refractivity contribution in [3.8, 4) is 17.2 Å². The second-order valence-electron chi connectivity index (χ2n) is 7.94. The van der Waals surface area contributed by atoms with Crippen molar-refractivity contribution < 1.29 is 13.9 Å². The summed E-state index contributed by atoms with van der Waals surface area (Å²) in [7, 11) is 1.66. The third-order valence-electron chi connectivity index (χ3n) is 5.86. The zero-order valence-corrected chi connectivity index (χ0v) is 16.8. The minimum atomic E-state index is 0.327. The predicted octanol–water partition coefficient (Wildman–Crippen LogP) is 3.49. The predicted molar refractivity (Wildman–Crippen MR) is 107 cm³/mol. The topological polar surface area (TPSA) is 58.8 Å². The van der Waals surface area contributed by atoms with Crippen molar-refractivity contribution in [1.29, 1.82) is 0 Å². The monoisotopic (exact) mass is 383 g/mol. The largest absolute Gasteiger partial charge is 0.497 e. The molecule has 2 aliphatic rings. The fourth-order valence-electron chi connectivity index (χ4n) is 4.30. The van der Waals surface area contributed by atoms with Gasteiger partial charge < -0.3 is 14.1 Å². The molecule has 0 radical (unpaired) electrons. The first-order valence-corrected chi connectivity index (χ1v) is 10.2. The number of hydrogen-bond acceptors (Lipinski definition) is 5. The molecule has 0 spiro atoms. The molecule has 28 heavy (non-hydrogen) atoms. The van der Waals surface area contributed by atoms with Gasteiger partial charge in [0.15, 0.2) is 0 Å². The van der Waals surface area contributed by atoms with Gasteiger partial charge in [-0.05, 0) is 62.9 Å². The highest BCUT2D eigenvalue weighted by atomic mass is 16.5. The van der Waals surface area contributed by atoms with Crippen LogP contribution < -0.4 is 4.74 Å². The normalized spacial score (nSPS) is 20.7. The van der Waals surface area contributed by atoms with Crippen molar-refractivity contribution in [3.05, 3.63) is 35.7 Å². The third-order valence-corrected chi connectivity index (χ3v) is 5.86. The molecule has 1 amide bonds. The van der Waals surface area contributed by atoms with Crippen LogP contribution in [0.15, 0.2) is 28.7 Å². The Labute approximate surface area is 166 Å². The Morgan fingerprint density at radius 1 is 1.21 bits per heavy atom. The Kier molecular flexibility index (Phi) is 5.67. The van der Waals surface area contributed by atoms with E-state index in [-0.39, 0.29) is 0 Å². The Morgan fingerprint density at radius 3 is 2.75 bits per heavy atom. The van der Waals surface area contributed by atoms with E-state index in [1.807, 2.05) is 31.2 Å². The summed E-state index contributed by atoms with van der Waals surface area (Å²) < 4.78 is 11.1. The number of rotatable bonds is 6. The van der Waals surface area contributed by atoms with E-state index in [0.29, 0.717) is 17.7 Å². The van der Waals surface area contributed by atoms with Crippen molar-refractivity contribution in [2.45, 2.75) is 39.2 Å². The summed E-state index contributed by atoms with van der Waals surface area (Å²) in [5.74, 6) is 3.25. The van der Waals surface area contributed by atoms with Gasteiger partial charge in [0.2, 0.25) is 11.8 Å². The summed E-state index contributed by atoms with van der Waals surface area (Å²) in [5, 5.41) is 0. The van der Waals surface area contributed by atoms with E-state index in [0.717, 1.165) is 68.3 Å². The molecule has 1 aromatic heterocycles. The van der Waals surface area contributed by atoms with E-state index in [1.54, 1.807) is 7.11 Å². The number of aromatic nitrogens is 1. The molecule has 2 aromatic rings. The van der Waals surface area contributed by atoms with Gasteiger partial charge in [0.25, 0.3) is 0 Å². The van der Waals surface area contributed by atoms with Crippen molar-refractivity contribution in [1.82, 2.24) is 14.8 Å². The van der Waals surface area contributed by atoms with Gasteiger partial charge in [-0.1, -0.05) is 0 Å². The van der Waals surface area contributed by atoms with Gasteiger partial charge in [0.05, 0.1) is 12.8 Å². The summed E-state index contributed by atoms with van der Waals surface area (Å²) in [6, 6.07) is 7.78. The molecular weight excluding hydrogens is 354 g/mol. The Bertz CT molecular complexity index is 815. The van der Waals surface area contributed by atoms with E-state index in [1.165, 1.54) is 12.8 Å². The van der Waals surface area contributed by atoms with Crippen molar-refractivity contribution in [2.75, 3.05) is 33.3 Å². The number of ether oxygens (including phenoxy) is 1. The van der Waals surface area contributed by atoms with Crippen LogP contribution in [0, 0.1) is 12.8 Å². The molecule has 2 fully saturated rings. The highest BCUT2D eigenvalue weighted by Gasteiger charge is 2.27. The van der Waals surface area contributed by atoms with Crippen LogP contribution in [0.5, 0.6) is 5.75 Å². The van der Waals surface area contributed by atoms with E-state index < -0.39 is 0 Å². The molecule has 6 nitrogen and oxygen atoms in total. The fraction of sp³-hybridized carbons (Fsp3) is 0.545. The molecule has 0 N–H and O–H groups in total. The smallest absolute Gasteiger partial charge is 0.226 e. The maximum atomic E-state index is 11.9. The fourth-order valence-corrected chi connectivity index (χ4v) is 4.30. The molecular formula is C22H29N3O3. The molecule has 6 heteroatoms. The molecule has 1 aromatic carbocycles. The van der Waals surface area contributed by atoms with Gasteiger partial charge >= 0.3 is 0 Å². The lowest BCUT2D eigenvalue weighted by Gasteiger charge is -2.34. The van der Waals surface area contributed by atoms with E-state index >= 15 is 0 Å². The number of aryl methyl sites for hydroxylation is 1. The summed E-state index contributed by atoms with van der Waals surface area (Å²) in [6.45, 7) is 6.73. The molecule has 0 bridgehead atoms. The number of carbonyl (C=O) groups excluding carboxylic acids is 1. The van der Waals surface area contributed by atoms with E-state index in [4.69, 9.17) is 14.1 Å². The highest BCUT2D eigenvalue weighted by Crippen LogP contribution is 2.26. The number of carbonyl (C=O) groups is 1. The average molecular weight is 383 g/mol. The Balaban J connectivity index is 1.39. The third kappa shape index (κ3) is 4.22. The quantitative estimate of drug-likeness (QED) is 0.764. The number of methoxy groups -OCH3 is 1. The lowest BCUT2D eigenvalue weighted by Crippen LogP contribution is -2.41. The van der Waals surface area contributed by atoms with E-state index in [9.17, 15) is 4.79 Å². The van der Waals surface area contributed by atoms with Crippen LogP contribution in [-0.4, -0.2) is 54.0 Å². The number of benzene rings is 1. The number of amides is 1. The van der Waals surface area contributed by atoms with Crippen LogP contribution in [0.3, 0.4) is 0 Å². The lowest BCUT2D eigenvalue weighted by atomic mass is 9.97. The molecule has 4 rings (SSSR count). The van der Waals surface area contributed by atoms with E-state index in [2.05, 4.69) is 9.80 Å². The molecule has 0 aliphatic carbocycles. The van der Waals surface area contributed by atoms with Crippen LogP contribution in [-0.2, 0) is 11.3 Å². The van der Waals surface area contributed by atoms with Gasteiger partial charge in [-0.15, -0.1) is 0 Å². The molecule has 3 heterocycles. The van der Waals surface area contributed by atoms with Crippen LogP contribution in [0.1, 0.15) is 37.1 Å². The van der Waals surface area contributed by atoms with Crippen LogP contribution in [0.2, 0.25) is 0 Å². The summed E-state index contributed by atoms with van der Waals surface area (Å²) >= 11 is 0. The number of likely N-dealkylation sites (tertiary alicyclic amines) is 2. The first-order valence-electron chi connectivity index (χ1n) is 10.2. The molecule has 1 atom stereocenters. The van der Waals surface area contributed by atoms with Crippen molar-refractivity contribution in [2.24, 2.45) is 5.92 Å². The van der Waals surface area contributed by atoms with Gasteiger partial charge in [-0.3, -0.25) is 9.69 Å². The lowest BCUT2D eigenvalue weighted by molar-refractivity contribution is -0.128. The summed E-state index contributed by atoms with van der Waals surface area (Å²) in [5.41, 5.74) is 1.96. The first-order chi connectivity index (χ1) is 13.6. The van der Waals surface area contributed by atoms with Crippen LogP contribution in [0.4, 0.5) is 0 Å². The van der Waals surface area contributed by atoms with Gasteiger partial charge in [0, 0.05) is 38.2 Å². The van der Waals surface area contributed by atoms with Crippen LogP contribution in [0.25, 0.3) is 11.5 Å². The maximum Gasteiger partial charge on any atom is 0.226 e. The number of piperidine rings is 1. The molecule has 0 saturated carbocycles. The van der Waals surface area contributed by atoms with Crippen molar-refractivity contribution in [3.63, 3.8) is 0 Å². The maximum absolute atomic E-state index is 11.9. The molecule has 2 saturated heterocycles. The zero-order chi connectivity index (χ0) is 19.5. The van der Waals surface area contributed by atoms with Gasteiger partial charge in [-0.25, -0.2) is 4.98 Å². The summed E-state index contributed by atoms with van der Waals surface area (Å²) in [4.78, 5) is 21.2. The Hall–Kier alpha value is -2.34. The second-order valence-corrected chi connectivity index (χ2v) is 7.94. The first kappa shape index (κ1) is 19.0. The average Bonchev–Trinajstić information content (AvgIpc) is 3.28. The molecule has 2 aliphatic heterocycles. The van der Waals surface area contributed by atoms with Gasteiger partial charge in [0.1, 0.15) is 11.5 Å². The zero-order valence-electron chi connectivity index (χ0n) is 16.8. The highest BCUT2D eigenvalue weighted by molar-refractivity contribution is 5.78. The minimum Gasteiger partial charge on any atom is -0.497 e. The molecule has 150 valence electrons.